The fourth-order valence-corrected chi connectivity index (χ4v) is 1.54. The van der Waals surface area contributed by atoms with Crippen molar-refractivity contribution in [2.24, 2.45) is 5.92 Å². The molecule has 0 aromatic carbocycles. The third kappa shape index (κ3) is 24.7. The normalized spacial score (nSPS) is 15.9. The molecule has 18 heavy (non-hydrogen) atoms. The maximum Gasteiger partial charge on any atom is 0.116 e. The molecule has 0 radical (unpaired) electrons. The van der Waals surface area contributed by atoms with Crippen molar-refractivity contribution in [1.82, 2.24) is 5.32 Å². The predicted octanol–water partition coefficient (Wildman–Crippen LogP) is 5.07. The van der Waals surface area contributed by atoms with E-state index in [0.29, 0.717) is 0 Å². The van der Waals surface area contributed by atoms with Gasteiger partial charge in [-0.15, -0.1) is 0 Å². The fourth-order valence-electron chi connectivity index (χ4n) is 1.54. The zero-order valence-corrected chi connectivity index (χ0v) is 13.2. The van der Waals surface area contributed by atoms with Gasteiger partial charge < -0.3 is 10.1 Å². The summed E-state index contributed by atoms with van der Waals surface area (Å²) in [5.74, 6) is 0.877. The Bertz CT molecular complexity index is 118. The van der Waals surface area contributed by atoms with Crippen molar-refractivity contribution in [1.29, 1.82) is 0 Å². The van der Waals surface area contributed by atoms with Crippen LogP contribution in [-0.2, 0) is 4.79 Å². The summed E-state index contributed by atoms with van der Waals surface area (Å²) in [5, 5.41) is 3.51. The van der Waals surface area contributed by atoms with Crippen LogP contribution in [0.3, 0.4) is 0 Å². The Morgan fingerprint density at radius 3 is 1.94 bits per heavy atom. The minimum absolute atomic E-state index is 0. The highest BCUT2D eigenvalue weighted by Gasteiger charge is 2.13. The van der Waals surface area contributed by atoms with Gasteiger partial charge in [0.05, 0.1) is 0 Å². The van der Waals surface area contributed by atoms with Crippen LogP contribution in [0, 0.1) is 5.92 Å². The Balaban J connectivity index is -0.000000106. The molecular weight excluding hydrogens is 222 g/mol. The summed E-state index contributed by atoms with van der Waals surface area (Å²) in [6, 6.07) is 0.849. The van der Waals surface area contributed by atoms with Gasteiger partial charge in [-0.1, -0.05) is 49.0 Å². The zero-order valence-electron chi connectivity index (χ0n) is 13.2. The highest BCUT2D eigenvalue weighted by atomic mass is 16.1. The molecule has 2 nitrogen and oxygen atoms in total. The fraction of sp³-hybridized carbons (Fsp3) is 0.938. The topological polar surface area (TPSA) is 29.1 Å². The molecule has 1 fully saturated rings. The van der Waals surface area contributed by atoms with E-state index in [-0.39, 0.29) is 7.43 Å². The molecular formula is C16H39NO. The molecule has 1 atom stereocenters. The number of aldehydes is 1. The minimum atomic E-state index is 0. The maximum atomic E-state index is 8.81. The molecule has 1 N–H and O–H groups in total. The van der Waals surface area contributed by atoms with Gasteiger partial charge in [-0.3, -0.25) is 0 Å². The Morgan fingerprint density at radius 2 is 1.67 bits per heavy atom. The molecule has 114 valence electrons. The number of hydrogen-bond donors (Lipinski definition) is 1. The van der Waals surface area contributed by atoms with E-state index in [1.807, 2.05) is 27.7 Å². The summed E-state index contributed by atoms with van der Waals surface area (Å²) in [6.07, 6.45) is 6.32. The lowest BCUT2D eigenvalue weighted by Gasteiger charge is -2.10. The van der Waals surface area contributed by atoms with Crippen LogP contribution < -0.4 is 5.32 Å². The van der Waals surface area contributed by atoms with Gasteiger partial charge in [-0.2, -0.15) is 0 Å². The second-order valence-electron chi connectivity index (χ2n) is 4.00. The first-order chi connectivity index (χ1) is 8.20. The van der Waals surface area contributed by atoms with Crippen LogP contribution in [0.15, 0.2) is 0 Å². The summed E-state index contributed by atoms with van der Waals surface area (Å²) in [7, 11) is 0. The molecule has 0 amide bonds. The molecule has 0 saturated carbocycles. The SMILES string of the molecule is C.CC.CC.CC(C)CCC1CCCN1.CC=O. The molecule has 1 aliphatic heterocycles. The Labute approximate surface area is 117 Å². The van der Waals surface area contributed by atoms with Crippen LogP contribution in [0.25, 0.3) is 0 Å². The summed E-state index contributed by atoms with van der Waals surface area (Å²) in [4.78, 5) is 8.81. The van der Waals surface area contributed by atoms with E-state index in [9.17, 15) is 0 Å². The van der Waals surface area contributed by atoms with Gasteiger partial charge in [-0.25, -0.2) is 0 Å². The molecule has 0 aromatic heterocycles. The lowest BCUT2D eigenvalue weighted by Crippen LogP contribution is -2.21. The largest absolute Gasteiger partial charge is 0.314 e. The first-order valence-electron chi connectivity index (χ1n) is 7.33. The maximum absolute atomic E-state index is 8.81. The standard InChI is InChI=1S/C9H19N.C2H4O.2C2H6.CH4/c1-8(2)5-6-9-4-3-7-10-9;1-2-3;2*1-2;/h8-10H,3-7H2,1-2H3;2H,1H3;2*1-2H3;1H4. The number of nitrogens with one attached hydrogen (secondary N) is 1. The summed E-state index contributed by atoms with van der Waals surface area (Å²) in [5.41, 5.74) is 0. The Morgan fingerprint density at radius 1 is 1.22 bits per heavy atom. The molecule has 0 bridgehead atoms. The van der Waals surface area contributed by atoms with Gasteiger partial charge in [0, 0.05) is 6.04 Å². The summed E-state index contributed by atoms with van der Waals surface area (Å²) >= 11 is 0. The summed E-state index contributed by atoms with van der Waals surface area (Å²) in [6.45, 7) is 15.3. The van der Waals surface area contributed by atoms with E-state index in [2.05, 4.69) is 19.2 Å². The van der Waals surface area contributed by atoms with Crippen molar-refractivity contribution in [3.8, 4) is 0 Å². The molecule has 0 spiro atoms. The van der Waals surface area contributed by atoms with Crippen LogP contribution in [0.1, 0.15) is 81.6 Å². The van der Waals surface area contributed by atoms with E-state index in [1.165, 1.54) is 39.2 Å². The minimum Gasteiger partial charge on any atom is -0.314 e. The van der Waals surface area contributed by atoms with Crippen molar-refractivity contribution in [3.63, 3.8) is 0 Å². The molecule has 1 aliphatic rings. The van der Waals surface area contributed by atoms with E-state index in [4.69, 9.17) is 4.79 Å². The van der Waals surface area contributed by atoms with E-state index >= 15 is 0 Å². The van der Waals surface area contributed by atoms with Crippen LogP contribution in [0.5, 0.6) is 0 Å². The Hall–Kier alpha value is -0.370. The van der Waals surface area contributed by atoms with Gasteiger partial charge in [-0.05, 0) is 45.1 Å². The molecule has 1 heterocycles. The van der Waals surface area contributed by atoms with Crippen LogP contribution in [0.2, 0.25) is 0 Å². The van der Waals surface area contributed by atoms with E-state index < -0.39 is 0 Å². The van der Waals surface area contributed by atoms with Crippen molar-refractivity contribution in [2.75, 3.05) is 6.54 Å². The number of rotatable bonds is 3. The first-order valence-corrected chi connectivity index (χ1v) is 7.33. The van der Waals surface area contributed by atoms with Crippen molar-refractivity contribution in [3.05, 3.63) is 0 Å². The monoisotopic (exact) mass is 261 g/mol. The number of carbonyl (C=O) groups excluding carboxylic acids is 1. The highest BCUT2D eigenvalue weighted by molar-refractivity contribution is 5.44. The Kier molecular flexibility index (Phi) is 37.1. The van der Waals surface area contributed by atoms with Crippen molar-refractivity contribution in [2.45, 2.75) is 87.6 Å². The zero-order chi connectivity index (χ0) is 14.1. The molecule has 1 saturated heterocycles. The average molecular weight is 261 g/mol. The van der Waals surface area contributed by atoms with Gasteiger partial charge in [0.2, 0.25) is 0 Å². The van der Waals surface area contributed by atoms with E-state index in [1.54, 1.807) is 0 Å². The smallest absolute Gasteiger partial charge is 0.116 e. The third-order valence-electron chi connectivity index (χ3n) is 2.25. The van der Waals surface area contributed by atoms with Gasteiger partial charge in [0.15, 0.2) is 0 Å². The van der Waals surface area contributed by atoms with Crippen LogP contribution >= 0.6 is 0 Å². The van der Waals surface area contributed by atoms with Gasteiger partial charge in [0.1, 0.15) is 6.29 Å². The molecule has 1 unspecified atom stereocenters. The molecule has 1 rings (SSSR count). The van der Waals surface area contributed by atoms with Crippen molar-refractivity contribution < 1.29 is 4.79 Å². The highest BCUT2D eigenvalue weighted by Crippen LogP contribution is 2.13. The predicted molar refractivity (Wildman–Crippen MR) is 86.3 cm³/mol. The molecule has 0 aromatic rings. The molecule has 2 heteroatoms. The van der Waals surface area contributed by atoms with Gasteiger partial charge >= 0.3 is 0 Å². The second-order valence-corrected chi connectivity index (χ2v) is 4.00. The van der Waals surface area contributed by atoms with Crippen molar-refractivity contribution >= 4 is 6.29 Å². The lowest BCUT2D eigenvalue weighted by atomic mass is 10.0. The second kappa shape index (κ2) is 25.5. The lowest BCUT2D eigenvalue weighted by molar-refractivity contribution is -0.106. The average Bonchev–Trinajstić information content (AvgIpc) is 2.86. The van der Waals surface area contributed by atoms with Crippen LogP contribution in [0.4, 0.5) is 0 Å². The van der Waals surface area contributed by atoms with E-state index in [0.717, 1.165) is 18.2 Å². The summed E-state index contributed by atoms with van der Waals surface area (Å²) < 4.78 is 0. The molecule has 0 aliphatic carbocycles. The van der Waals surface area contributed by atoms with Crippen LogP contribution in [-0.4, -0.2) is 18.9 Å². The quantitative estimate of drug-likeness (QED) is 0.719. The van der Waals surface area contributed by atoms with Gasteiger partial charge in [0.25, 0.3) is 0 Å². The first kappa shape index (κ1) is 26.2. The number of carbonyl (C=O) groups is 1. The third-order valence-corrected chi connectivity index (χ3v) is 2.25. The number of hydrogen-bond acceptors (Lipinski definition) is 2.